The van der Waals surface area contributed by atoms with Crippen molar-refractivity contribution in [2.24, 2.45) is 0 Å². The fraction of sp³-hybridized carbons (Fsp3) is 0.364. The molecule has 0 aliphatic carbocycles. The van der Waals surface area contributed by atoms with Gasteiger partial charge in [-0.2, -0.15) is 5.10 Å². The third kappa shape index (κ3) is 4.29. The molecule has 3 aromatic rings. The van der Waals surface area contributed by atoms with Crippen molar-refractivity contribution in [3.05, 3.63) is 48.8 Å². The van der Waals surface area contributed by atoms with Crippen LogP contribution in [-0.2, 0) is 16.1 Å². The topological polar surface area (TPSA) is 106 Å². The van der Waals surface area contributed by atoms with Gasteiger partial charge in [0, 0.05) is 31.1 Å². The molecule has 166 valence electrons. The molecule has 3 aromatic heterocycles. The van der Waals surface area contributed by atoms with Crippen molar-refractivity contribution >= 4 is 23.5 Å². The number of amides is 2. The number of hydrogen-bond donors (Lipinski definition) is 0. The van der Waals surface area contributed by atoms with Crippen LogP contribution in [0.5, 0.6) is 0 Å². The first-order chi connectivity index (χ1) is 15.3. The summed E-state index contributed by atoms with van der Waals surface area (Å²) in [4.78, 5) is 41.3. The van der Waals surface area contributed by atoms with E-state index in [1.165, 1.54) is 11.8 Å². The molecule has 1 aliphatic heterocycles. The molecule has 0 saturated carbocycles. The Hall–Kier alpha value is -3.82. The third-order valence-electron chi connectivity index (χ3n) is 5.02. The summed E-state index contributed by atoms with van der Waals surface area (Å²) in [5.74, 6) is 0.282. The van der Waals surface area contributed by atoms with Crippen LogP contribution in [0.3, 0.4) is 0 Å². The molecule has 0 saturated heterocycles. The molecule has 1 aliphatic rings. The lowest BCUT2D eigenvalue weighted by Crippen LogP contribution is -2.52. The second-order valence-electron chi connectivity index (χ2n) is 7.94. The van der Waals surface area contributed by atoms with E-state index in [2.05, 4.69) is 15.1 Å². The Kier molecular flexibility index (Phi) is 5.85. The molecule has 32 heavy (non-hydrogen) atoms. The van der Waals surface area contributed by atoms with Crippen molar-refractivity contribution in [1.29, 1.82) is 0 Å². The number of hydrogen-bond acceptors (Lipinski definition) is 7. The zero-order valence-corrected chi connectivity index (χ0v) is 18.5. The largest absolute Gasteiger partial charge is 0.446 e. The van der Waals surface area contributed by atoms with Gasteiger partial charge in [0.1, 0.15) is 0 Å². The molecular formula is C22H25N7O3. The average Bonchev–Trinajstić information content (AvgIpc) is 3.21. The highest BCUT2D eigenvalue weighted by atomic mass is 16.6. The van der Waals surface area contributed by atoms with E-state index in [-0.39, 0.29) is 18.1 Å². The maximum atomic E-state index is 12.8. The molecule has 1 atom stereocenters. The lowest BCUT2D eigenvalue weighted by Gasteiger charge is -2.39. The Morgan fingerprint density at radius 1 is 1.22 bits per heavy atom. The predicted octanol–water partition coefficient (Wildman–Crippen LogP) is 2.89. The lowest BCUT2D eigenvalue weighted by atomic mass is 10.1. The van der Waals surface area contributed by atoms with Gasteiger partial charge in [0.15, 0.2) is 5.82 Å². The Bertz CT molecular complexity index is 1130. The van der Waals surface area contributed by atoms with E-state index in [0.717, 1.165) is 11.3 Å². The number of fused-ring (bicyclic) bond motifs is 1. The first-order valence-corrected chi connectivity index (χ1v) is 10.4. The quantitative estimate of drug-likeness (QED) is 0.620. The highest BCUT2D eigenvalue weighted by Gasteiger charge is 2.36. The number of rotatable bonds is 4. The Morgan fingerprint density at radius 3 is 2.72 bits per heavy atom. The third-order valence-corrected chi connectivity index (χ3v) is 5.02. The maximum absolute atomic E-state index is 12.8. The van der Waals surface area contributed by atoms with Gasteiger partial charge in [-0.15, -0.1) is 0 Å². The zero-order chi connectivity index (χ0) is 22.8. The van der Waals surface area contributed by atoms with Crippen LogP contribution in [0.2, 0.25) is 0 Å². The van der Waals surface area contributed by atoms with Gasteiger partial charge in [0.25, 0.3) is 0 Å². The summed E-state index contributed by atoms with van der Waals surface area (Å²) in [7, 11) is 0. The molecule has 4 heterocycles. The van der Waals surface area contributed by atoms with E-state index in [4.69, 9.17) is 9.72 Å². The zero-order valence-electron chi connectivity index (χ0n) is 18.5. The molecule has 0 spiro atoms. The molecule has 0 aromatic carbocycles. The summed E-state index contributed by atoms with van der Waals surface area (Å²) in [6.45, 7) is 7.76. The smallest absolute Gasteiger partial charge is 0.415 e. The van der Waals surface area contributed by atoms with Gasteiger partial charge in [-0.3, -0.25) is 24.3 Å². The molecule has 2 amide bonds. The summed E-state index contributed by atoms with van der Waals surface area (Å²) in [5, 5.41) is 4.39. The maximum Gasteiger partial charge on any atom is 0.415 e. The lowest BCUT2D eigenvalue weighted by molar-refractivity contribution is -0.117. The van der Waals surface area contributed by atoms with Gasteiger partial charge in [-0.05, 0) is 32.9 Å². The van der Waals surface area contributed by atoms with Crippen LogP contribution in [0.1, 0.15) is 33.4 Å². The number of ether oxygens (including phenoxy) is 1. The van der Waals surface area contributed by atoms with Gasteiger partial charge in [0.05, 0.1) is 54.7 Å². The van der Waals surface area contributed by atoms with Crippen LogP contribution in [0.4, 0.5) is 16.3 Å². The van der Waals surface area contributed by atoms with Gasteiger partial charge in [-0.1, -0.05) is 0 Å². The SMILES string of the molecule is CC(=O)N1c2ccc(-c3cnn(Cc4cnccn4)c3)nc2N(C(=O)OC(C)C)C[C@@H]1C. The summed E-state index contributed by atoms with van der Waals surface area (Å²) in [6, 6.07) is 3.43. The summed E-state index contributed by atoms with van der Waals surface area (Å²) < 4.78 is 7.17. The standard InChI is InChI=1S/C22H25N7O3/c1-14(2)32-22(31)28-11-15(3)29(16(4)30)20-6-5-19(26-21(20)28)17-9-25-27(12-17)13-18-10-23-7-8-24-18/h5-10,12,14-15H,11,13H2,1-4H3/t15-/m0/s1. The van der Waals surface area contributed by atoms with Crippen LogP contribution in [0, 0.1) is 0 Å². The van der Waals surface area contributed by atoms with Crippen molar-refractivity contribution in [3.8, 4) is 11.3 Å². The molecule has 0 bridgehead atoms. The van der Waals surface area contributed by atoms with Crippen LogP contribution < -0.4 is 9.80 Å². The fourth-order valence-electron chi connectivity index (χ4n) is 3.72. The Morgan fingerprint density at radius 2 is 2.03 bits per heavy atom. The van der Waals surface area contributed by atoms with Crippen molar-refractivity contribution in [2.45, 2.75) is 46.4 Å². The molecule has 10 nitrogen and oxygen atoms in total. The number of nitrogens with zero attached hydrogens (tertiary/aromatic N) is 7. The highest BCUT2D eigenvalue weighted by Crippen LogP contribution is 2.36. The van der Waals surface area contributed by atoms with Gasteiger partial charge in [-0.25, -0.2) is 9.78 Å². The molecule has 0 N–H and O–H groups in total. The first-order valence-electron chi connectivity index (χ1n) is 10.4. The summed E-state index contributed by atoms with van der Waals surface area (Å²) >= 11 is 0. The number of pyridine rings is 1. The van der Waals surface area contributed by atoms with E-state index in [1.807, 2.05) is 25.3 Å². The number of carbonyl (C=O) groups is 2. The van der Waals surface area contributed by atoms with Crippen molar-refractivity contribution in [2.75, 3.05) is 16.3 Å². The fourth-order valence-corrected chi connectivity index (χ4v) is 3.72. The molecule has 4 rings (SSSR count). The van der Waals surface area contributed by atoms with E-state index in [0.29, 0.717) is 30.3 Å². The van der Waals surface area contributed by atoms with E-state index in [1.54, 1.807) is 48.2 Å². The summed E-state index contributed by atoms with van der Waals surface area (Å²) in [6.07, 6.45) is 7.75. The van der Waals surface area contributed by atoms with E-state index in [9.17, 15) is 9.59 Å². The van der Waals surface area contributed by atoms with Gasteiger partial charge < -0.3 is 9.64 Å². The minimum atomic E-state index is -0.487. The van der Waals surface area contributed by atoms with Crippen LogP contribution >= 0.6 is 0 Å². The normalized spacial score (nSPS) is 15.6. The van der Waals surface area contributed by atoms with Crippen molar-refractivity contribution in [1.82, 2.24) is 24.7 Å². The Labute approximate surface area is 185 Å². The minimum Gasteiger partial charge on any atom is -0.446 e. The van der Waals surface area contributed by atoms with Gasteiger partial charge in [0.2, 0.25) is 5.91 Å². The predicted molar refractivity (Wildman–Crippen MR) is 118 cm³/mol. The molecule has 0 unspecified atom stereocenters. The highest BCUT2D eigenvalue weighted by molar-refractivity contribution is 6.01. The molecule has 0 radical (unpaired) electrons. The molecule has 0 fully saturated rings. The summed E-state index contributed by atoms with van der Waals surface area (Å²) in [5.41, 5.74) is 2.78. The van der Waals surface area contributed by atoms with E-state index >= 15 is 0 Å². The second-order valence-corrected chi connectivity index (χ2v) is 7.94. The number of carbonyl (C=O) groups excluding carboxylic acids is 2. The minimum absolute atomic E-state index is 0.109. The van der Waals surface area contributed by atoms with Crippen LogP contribution in [0.15, 0.2) is 43.1 Å². The van der Waals surface area contributed by atoms with E-state index < -0.39 is 6.09 Å². The second kappa shape index (κ2) is 8.74. The number of anilines is 2. The average molecular weight is 435 g/mol. The monoisotopic (exact) mass is 435 g/mol. The molecule has 10 heteroatoms. The van der Waals surface area contributed by atoms with Crippen LogP contribution in [0.25, 0.3) is 11.3 Å². The molecular weight excluding hydrogens is 410 g/mol. The Balaban J connectivity index is 1.69. The first kappa shape index (κ1) is 21.4. The van der Waals surface area contributed by atoms with Gasteiger partial charge >= 0.3 is 6.09 Å². The van der Waals surface area contributed by atoms with Crippen molar-refractivity contribution in [3.63, 3.8) is 0 Å². The van der Waals surface area contributed by atoms with Crippen molar-refractivity contribution < 1.29 is 14.3 Å². The van der Waals surface area contributed by atoms with Crippen LogP contribution in [-0.4, -0.2) is 55.4 Å². The number of aromatic nitrogens is 5.